The van der Waals surface area contributed by atoms with Gasteiger partial charge in [0.15, 0.2) is 0 Å². The lowest BCUT2D eigenvalue weighted by molar-refractivity contribution is 0.536. The zero-order chi connectivity index (χ0) is 13.7. The molecule has 2 heterocycles. The largest absolute Gasteiger partial charge is 0.310 e. The van der Waals surface area contributed by atoms with Gasteiger partial charge in [-0.1, -0.05) is 13.8 Å². The van der Waals surface area contributed by atoms with Crippen LogP contribution in [0.25, 0.3) is 0 Å². The molecular weight excluding hydrogens is 254 g/mol. The smallest absolute Gasteiger partial charge is 0.0624 e. The van der Waals surface area contributed by atoms with Gasteiger partial charge < -0.3 is 5.32 Å². The summed E-state index contributed by atoms with van der Waals surface area (Å²) >= 11 is 1.83. The number of nitrogens with one attached hydrogen (secondary N) is 1. The monoisotopic (exact) mass is 277 g/mol. The van der Waals surface area contributed by atoms with Crippen LogP contribution in [0, 0.1) is 6.92 Å². The van der Waals surface area contributed by atoms with Gasteiger partial charge in [-0.2, -0.15) is 5.10 Å². The van der Waals surface area contributed by atoms with Gasteiger partial charge in [0, 0.05) is 23.7 Å². The van der Waals surface area contributed by atoms with Crippen molar-refractivity contribution in [2.24, 2.45) is 0 Å². The standard InChI is InChI=1S/C15H23N3S/c1-4-13-10-14(5-2)18(17-13)8-7-16-11-15-12(3)6-9-19-15/h6,9-10,16H,4-5,7-8,11H2,1-3H3. The quantitative estimate of drug-likeness (QED) is 0.788. The van der Waals surface area contributed by atoms with E-state index in [0.29, 0.717) is 0 Å². The fourth-order valence-electron chi connectivity index (χ4n) is 2.14. The molecule has 0 aliphatic heterocycles. The topological polar surface area (TPSA) is 29.9 Å². The fourth-order valence-corrected chi connectivity index (χ4v) is 3.01. The summed E-state index contributed by atoms with van der Waals surface area (Å²) in [7, 11) is 0. The molecule has 19 heavy (non-hydrogen) atoms. The first-order chi connectivity index (χ1) is 9.24. The number of thiophene rings is 1. The van der Waals surface area contributed by atoms with Crippen LogP contribution >= 0.6 is 11.3 Å². The van der Waals surface area contributed by atoms with E-state index in [1.807, 2.05) is 11.3 Å². The van der Waals surface area contributed by atoms with Gasteiger partial charge in [-0.3, -0.25) is 4.68 Å². The maximum atomic E-state index is 4.63. The van der Waals surface area contributed by atoms with E-state index in [2.05, 4.69) is 53.4 Å². The lowest BCUT2D eigenvalue weighted by Gasteiger charge is -2.07. The van der Waals surface area contributed by atoms with E-state index in [1.165, 1.54) is 21.8 Å². The maximum absolute atomic E-state index is 4.63. The number of hydrogen-bond acceptors (Lipinski definition) is 3. The van der Waals surface area contributed by atoms with Crippen molar-refractivity contribution in [3.63, 3.8) is 0 Å². The van der Waals surface area contributed by atoms with Gasteiger partial charge in [-0.05, 0) is 42.8 Å². The Kier molecular flexibility index (Phi) is 5.16. The highest BCUT2D eigenvalue weighted by Crippen LogP contribution is 2.14. The first kappa shape index (κ1) is 14.3. The second kappa shape index (κ2) is 6.87. The van der Waals surface area contributed by atoms with E-state index in [1.54, 1.807) is 0 Å². The fraction of sp³-hybridized carbons (Fsp3) is 0.533. The Morgan fingerprint density at radius 1 is 1.32 bits per heavy atom. The Bertz CT molecular complexity index is 513. The molecule has 0 aliphatic carbocycles. The van der Waals surface area contributed by atoms with Crippen LogP contribution in [-0.2, 0) is 25.9 Å². The molecule has 1 N–H and O–H groups in total. The minimum atomic E-state index is 0.952. The number of aromatic nitrogens is 2. The molecule has 0 unspecified atom stereocenters. The summed E-state index contributed by atoms with van der Waals surface area (Å²) in [6.07, 6.45) is 2.07. The highest BCUT2D eigenvalue weighted by Gasteiger charge is 2.05. The van der Waals surface area contributed by atoms with E-state index in [-0.39, 0.29) is 0 Å². The Morgan fingerprint density at radius 2 is 2.16 bits per heavy atom. The predicted molar refractivity (Wildman–Crippen MR) is 81.7 cm³/mol. The number of nitrogens with zero attached hydrogens (tertiary/aromatic N) is 2. The molecule has 2 aromatic heterocycles. The van der Waals surface area contributed by atoms with E-state index in [9.17, 15) is 0 Å². The maximum Gasteiger partial charge on any atom is 0.0624 e. The summed E-state index contributed by atoms with van der Waals surface area (Å²) in [4.78, 5) is 1.44. The Labute approximate surface area is 119 Å². The molecule has 0 amide bonds. The summed E-state index contributed by atoms with van der Waals surface area (Å²) < 4.78 is 2.15. The molecular formula is C15H23N3S. The highest BCUT2D eigenvalue weighted by atomic mass is 32.1. The summed E-state index contributed by atoms with van der Waals surface area (Å²) in [5.41, 5.74) is 3.93. The van der Waals surface area contributed by atoms with Crippen LogP contribution in [-0.4, -0.2) is 16.3 Å². The molecule has 0 aliphatic rings. The third-order valence-electron chi connectivity index (χ3n) is 3.39. The molecule has 4 heteroatoms. The van der Waals surface area contributed by atoms with Gasteiger partial charge in [-0.25, -0.2) is 0 Å². The number of rotatable bonds is 7. The van der Waals surface area contributed by atoms with Crippen molar-refractivity contribution in [2.75, 3.05) is 6.54 Å². The lowest BCUT2D eigenvalue weighted by Crippen LogP contribution is -2.21. The van der Waals surface area contributed by atoms with Gasteiger partial charge in [-0.15, -0.1) is 11.3 Å². The van der Waals surface area contributed by atoms with Crippen LogP contribution < -0.4 is 5.32 Å². The van der Waals surface area contributed by atoms with Crippen molar-refractivity contribution in [3.05, 3.63) is 39.3 Å². The van der Waals surface area contributed by atoms with E-state index >= 15 is 0 Å². The minimum absolute atomic E-state index is 0.952. The normalized spacial score (nSPS) is 11.1. The summed E-state index contributed by atoms with van der Waals surface area (Å²) in [6.45, 7) is 9.40. The molecule has 0 fully saturated rings. The molecule has 0 aromatic carbocycles. The molecule has 0 atom stereocenters. The molecule has 0 saturated heterocycles. The van der Waals surface area contributed by atoms with E-state index in [4.69, 9.17) is 0 Å². The van der Waals surface area contributed by atoms with Crippen molar-refractivity contribution in [1.82, 2.24) is 15.1 Å². The molecule has 3 nitrogen and oxygen atoms in total. The third kappa shape index (κ3) is 3.67. The molecule has 0 bridgehead atoms. The average molecular weight is 277 g/mol. The van der Waals surface area contributed by atoms with Crippen LogP contribution in [0.2, 0.25) is 0 Å². The minimum Gasteiger partial charge on any atom is -0.310 e. The van der Waals surface area contributed by atoms with Gasteiger partial charge in [0.25, 0.3) is 0 Å². The van der Waals surface area contributed by atoms with Gasteiger partial charge in [0.1, 0.15) is 0 Å². The Hall–Kier alpha value is -1.13. The van der Waals surface area contributed by atoms with Gasteiger partial charge in [0.05, 0.1) is 12.2 Å². The lowest BCUT2D eigenvalue weighted by atomic mass is 10.2. The average Bonchev–Trinajstić information content (AvgIpc) is 3.01. The zero-order valence-corrected chi connectivity index (χ0v) is 12.9. The summed E-state index contributed by atoms with van der Waals surface area (Å²) in [5.74, 6) is 0. The number of hydrogen-bond donors (Lipinski definition) is 1. The van der Waals surface area contributed by atoms with E-state index < -0.39 is 0 Å². The zero-order valence-electron chi connectivity index (χ0n) is 12.1. The second-order valence-corrected chi connectivity index (χ2v) is 5.76. The summed E-state index contributed by atoms with van der Waals surface area (Å²) in [5, 5.41) is 10.3. The SMILES string of the molecule is CCc1cc(CC)n(CCNCc2sccc2C)n1. The summed E-state index contributed by atoms with van der Waals surface area (Å²) in [6, 6.07) is 4.40. The molecule has 0 saturated carbocycles. The first-order valence-electron chi connectivity index (χ1n) is 7.03. The Morgan fingerprint density at radius 3 is 2.79 bits per heavy atom. The van der Waals surface area contributed by atoms with E-state index in [0.717, 1.165) is 32.5 Å². The Balaban J connectivity index is 1.82. The molecule has 2 aromatic rings. The highest BCUT2D eigenvalue weighted by molar-refractivity contribution is 7.10. The molecule has 104 valence electrons. The van der Waals surface area contributed by atoms with Crippen molar-refractivity contribution < 1.29 is 0 Å². The van der Waals surface area contributed by atoms with Crippen molar-refractivity contribution in [1.29, 1.82) is 0 Å². The molecule has 0 radical (unpaired) electrons. The van der Waals surface area contributed by atoms with Crippen molar-refractivity contribution in [2.45, 2.75) is 46.7 Å². The number of aryl methyl sites for hydroxylation is 3. The van der Waals surface area contributed by atoms with Crippen LogP contribution in [0.15, 0.2) is 17.5 Å². The molecule has 0 spiro atoms. The predicted octanol–water partition coefficient (Wildman–Crippen LogP) is 3.17. The van der Waals surface area contributed by atoms with Crippen molar-refractivity contribution >= 4 is 11.3 Å². The second-order valence-electron chi connectivity index (χ2n) is 4.76. The molecule has 2 rings (SSSR count). The first-order valence-corrected chi connectivity index (χ1v) is 7.91. The van der Waals surface area contributed by atoms with Gasteiger partial charge >= 0.3 is 0 Å². The van der Waals surface area contributed by atoms with Crippen LogP contribution in [0.3, 0.4) is 0 Å². The van der Waals surface area contributed by atoms with Crippen LogP contribution in [0.4, 0.5) is 0 Å². The third-order valence-corrected chi connectivity index (χ3v) is 4.42. The van der Waals surface area contributed by atoms with Crippen LogP contribution in [0.1, 0.15) is 35.7 Å². The van der Waals surface area contributed by atoms with Crippen LogP contribution in [0.5, 0.6) is 0 Å². The van der Waals surface area contributed by atoms with Crippen molar-refractivity contribution in [3.8, 4) is 0 Å². The van der Waals surface area contributed by atoms with Gasteiger partial charge in [0.2, 0.25) is 0 Å².